The minimum absolute atomic E-state index is 0.0861. The van der Waals surface area contributed by atoms with Gasteiger partial charge in [-0.15, -0.1) is 0 Å². The van der Waals surface area contributed by atoms with Crippen molar-refractivity contribution >= 4 is 21.7 Å². The van der Waals surface area contributed by atoms with Crippen molar-refractivity contribution in [3.8, 4) is 0 Å². The molecular weight excluding hydrogens is 340 g/mol. The van der Waals surface area contributed by atoms with E-state index in [1.165, 1.54) is 23.4 Å². The van der Waals surface area contributed by atoms with Gasteiger partial charge in [-0.2, -0.15) is 0 Å². The lowest BCUT2D eigenvalue weighted by Crippen LogP contribution is -2.44. The summed E-state index contributed by atoms with van der Waals surface area (Å²) in [6.45, 7) is 3.31. The molecule has 3 heterocycles. The van der Waals surface area contributed by atoms with Gasteiger partial charge in [0.05, 0.1) is 12.2 Å². The highest BCUT2D eigenvalue weighted by Gasteiger charge is 2.29. The highest BCUT2D eigenvalue weighted by atomic mass is 32.2. The van der Waals surface area contributed by atoms with Crippen LogP contribution < -0.4 is 10.2 Å². The molecule has 2 saturated heterocycles. The predicted molar refractivity (Wildman–Crippen MR) is 96.7 cm³/mol. The van der Waals surface area contributed by atoms with Crippen LogP contribution in [-0.4, -0.2) is 56.0 Å². The molecule has 7 nitrogen and oxygen atoms in total. The van der Waals surface area contributed by atoms with Gasteiger partial charge in [0.2, 0.25) is 15.9 Å². The maximum Gasteiger partial charge on any atom is 0.224 e. The number of hydrogen-bond acceptors (Lipinski definition) is 5. The first-order valence-corrected chi connectivity index (χ1v) is 10.7. The minimum Gasteiger partial charge on any atom is -0.357 e. The number of hydrogen-bond donors (Lipinski definition) is 1. The fourth-order valence-corrected chi connectivity index (χ4v) is 4.36. The molecule has 1 N–H and O–H groups in total. The molecule has 1 unspecified atom stereocenters. The molecule has 0 aliphatic carbocycles. The Morgan fingerprint density at radius 2 is 2.00 bits per heavy atom. The average Bonchev–Trinajstić information content (AvgIpc) is 3.14. The number of piperidine rings is 1. The number of pyridine rings is 1. The number of aromatic nitrogens is 1. The molecule has 0 bridgehead atoms. The molecule has 2 fully saturated rings. The minimum atomic E-state index is -3.23. The maximum absolute atomic E-state index is 12.4. The van der Waals surface area contributed by atoms with E-state index in [1.54, 1.807) is 6.20 Å². The molecule has 8 heteroatoms. The first-order chi connectivity index (χ1) is 11.9. The number of carbonyl (C=O) groups is 1. The van der Waals surface area contributed by atoms with Gasteiger partial charge >= 0.3 is 0 Å². The molecule has 1 atom stereocenters. The Kier molecular flexibility index (Phi) is 5.58. The molecule has 2 aliphatic heterocycles. The number of amides is 1. The summed E-state index contributed by atoms with van der Waals surface area (Å²) in [5.74, 6) is 0.626. The Labute approximate surface area is 149 Å². The van der Waals surface area contributed by atoms with Crippen LogP contribution in [0, 0.1) is 5.92 Å². The van der Waals surface area contributed by atoms with Crippen LogP contribution in [0.2, 0.25) is 0 Å². The number of nitrogens with one attached hydrogen (secondary N) is 1. The molecular formula is C17H26N4O3S. The lowest BCUT2D eigenvalue weighted by atomic mass is 9.99. The molecule has 138 valence electrons. The number of sulfonamides is 1. The summed E-state index contributed by atoms with van der Waals surface area (Å²) in [6.07, 6.45) is 6.87. The Morgan fingerprint density at radius 1 is 1.24 bits per heavy atom. The number of carbonyl (C=O) groups excluding carboxylic acids is 1. The van der Waals surface area contributed by atoms with Crippen molar-refractivity contribution in [1.82, 2.24) is 14.6 Å². The van der Waals surface area contributed by atoms with Gasteiger partial charge < -0.3 is 10.2 Å². The largest absolute Gasteiger partial charge is 0.357 e. The number of anilines is 1. The predicted octanol–water partition coefficient (Wildman–Crippen LogP) is 0.970. The zero-order valence-electron chi connectivity index (χ0n) is 14.6. The topological polar surface area (TPSA) is 82.6 Å². The summed E-state index contributed by atoms with van der Waals surface area (Å²) in [7, 11) is -3.23. The molecule has 25 heavy (non-hydrogen) atoms. The van der Waals surface area contributed by atoms with Crippen LogP contribution in [-0.2, 0) is 21.4 Å². The van der Waals surface area contributed by atoms with Crippen molar-refractivity contribution in [3.05, 3.63) is 23.9 Å². The summed E-state index contributed by atoms with van der Waals surface area (Å²) in [5.41, 5.74) is 0.951. The lowest BCUT2D eigenvalue weighted by molar-refractivity contribution is -0.126. The zero-order valence-corrected chi connectivity index (χ0v) is 15.5. The zero-order chi connectivity index (χ0) is 17.9. The highest BCUT2D eigenvalue weighted by Crippen LogP contribution is 2.20. The van der Waals surface area contributed by atoms with Crippen LogP contribution >= 0.6 is 0 Å². The first kappa shape index (κ1) is 18.1. The monoisotopic (exact) mass is 366 g/mol. The van der Waals surface area contributed by atoms with Crippen LogP contribution in [0.5, 0.6) is 0 Å². The Hall–Kier alpha value is -1.67. The van der Waals surface area contributed by atoms with Gasteiger partial charge in [0.15, 0.2) is 0 Å². The van der Waals surface area contributed by atoms with Crippen molar-refractivity contribution < 1.29 is 13.2 Å². The Balaban J connectivity index is 1.51. The van der Waals surface area contributed by atoms with Crippen LogP contribution in [0.15, 0.2) is 18.3 Å². The second-order valence-corrected chi connectivity index (χ2v) is 8.88. The molecule has 1 aromatic rings. The molecule has 0 radical (unpaired) electrons. The van der Waals surface area contributed by atoms with Crippen LogP contribution in [0.1, 0.15) is 31.2 Å². The van der Waals surface area contributed by atoms with Crippen molar-refractivity contribution in [2.24, 2.45) is 5.92 Å². The summed E-state index contributed by atoms with van der Waals surface area (Å²) < 4.78 is 24.7. The molecule has 1 aromatic heterocycles. The third-order valence-electron chi connectivity index (χ3n) is 4.93. The van der Waals surface area contributed by atoms with E-state index in [9.17, 15) is 13.2 Å². The standard InChI is InChI=1S/C17H26N4O3S/c1-25(23,24)21-10-4-5-15(13-21)17(22)19-12-14-6-7-16(18-11-14)20-8-2-3-9-20/h6-7,11,15H,2-5,8-10,12-13H2,1H3,(H,19,22). The quantitative estimate of drug-likeness (QED) is 0.840. The first-order valence-electron chi connectivity index (χ1n) is 8.86. The van der Waals surface area contributed by atoms with Gasteiger partial charge in [-0.05, 0) is 37.3 Å². The fourth-order valence-electron chi connectivity index (χ4n) is 3.45. The van der Waals surface area contributed by atoms with E-state index in [1.807, 2.05) is 12.1 Å². The van der Waals surface area contributed by atoms with Crippen LogP contribution in [0.4, 0.5) is 5.82 Å². The molecule has 0 spiro atoms. The van der Waals surface area contributed by atoms with E-state index in [2.05, 4.69) is 15.2 Å². The van der Waals surface area contributed by atoms with Crippen molar-refractivity contribution in [3.63, 3.8) is 0 Å². The van der Waals surface area contributed by atoms with E-state index in [0.29, 0.717) is 13.1 Å². The highest BCUT2D eigenvalue weighted by molar-refractivity contribution is 7.88. The molecule has 2 aliphatic rings. The number of nitrogens with zero attached hydrogens (tertiary/aromatic N) is 3. The van der Waals surface area contributed by atoms with E-state index in [4.69, 9.17) is 0 Å². The second kappa shape index (κ2) is 7.70. The summed E-state index contributed by atoms with van der Waals surface area (Å²) in [5, 5.41) is 2.92. The summed E-state index contributed by atoms with van der Waals surface area (Å²) in [4.78, 5) is 19.1. The lowest BCUT2D eigenvalue weighted by Gasteiger charge is -2.30. The number of rotatable bonds is 5. The van der Waals surface area contributed by atoms with Gasteiger partial charge in [0, 0.05) is 38.9 Å². The van der Waals surface area contributed by atoms with E-state index in [-0.39, 0.29) is 18.4 Å². The normalized spacial score (nSPS) is 22.1. The van der Waals surface area contributed by atoms with E-state index in [0.717, 1.165) is 37.3 Å². The van der Waals surface area contributed by atoms with E-state index >= 15 is 0 Å². The summed E-state index contributed by atoms with van der Waals surface area (Å²) >= 11 is 0. The third kappa shape index (κ3) is 4.70. The van der Waals surface area contributed by atoms with Gasteiger partial charge in [-0.25, -0.2) is 17.7 Å². The van der Waals surface area contributed by atoms with Crippen LogP contribution in [0.3, 0.4) is 0 Å². The van der Waals surface area contributed by atoms with Gasteiger partial charge in [0.1, 0.15) is 5.82 Å². The smallest absolute Gasteiger partial charge is 0.224 e. The molecule has 0 aromatic carbocycles. The average molecular weight is 366 g/mol. The van der Waals surface area contributed by atoms with Crippen molar-refractivity contribution in [2.75, 3.05) is 37.3 Å². The molecule has 1 amide bonds. The van der Waals surface area contributed by atoms with E-state index < -0.39 is 10.0 Å². The Morgan fingerprint density at radius 3 is 2.64 bits per heavy atom. The SMILES string of the molecule is CS(=O)(=O)N1CCCC(C(=O)NCc2ccc(N3CCCC3)nc2)C1. The van der Waals surface area contributed by atoms with Gasteiger partial charge in [0.25, 0.3) is 0 Å². The Bertz CT molecular complexity index is 699. The van der Waals surface area contributed by atoms with Crippen LogP contribution in [0.25, 0.3) is 0 Å². The maximum atomic E-state index is 12.4. The molecule has 0 saturated carbocycles. The van der Waals surface area contributed by atoms with Crippen molar-refractivity contribution in [2.45, 2.75) is 32.2 Å². The molecule has 3 rings (SSSR count). The van der Waals surface area contributed by atoms with Gasteiger partial charge in [-0.1, -0.05) is 6.07 Å². The summed E-state index contributed by atoms with van der Waals surface area (Å²) in [6, 6.07) is 3.99. The van der Waals surface area contributed by atoms with Crippen molar-refractivity contribution in [1.29, 1.82) is 0 Å². The second-order valence-electron chi connectivity index (χ2n) is 6.90. The fraction of sp³-hybridized carbons (Fsp3) is 0.647. The van der Waals surface area contributed by atoms with Gasteiger partial charge in [-0.3, -0.25) is 4.79 Å². The third-order valence-corrected chi connectivity index (χ3v) is 6.20.